The van der Waals surface area contributed by atoms with Gasteiger partial charge in [-0.1, -0.05) is 0 Å². The Morgan fingerprint density at radius 1 is 1.56 bits per heavy atom. The van der Waals surface area contributed by atoms with Crippen LogP contribution >= 0.6 is 0 Å². The van der Waals surface area contributed by atoms with E-state index in [4.69, 9.17) is 16.9 Å². The molecule has 0 aliphatic carbocycles. The monoisotopic (exact) mass is 133 g/mol. The zero-order valence-electron chi connectivity index (χ0n) is 5.59. The van der Waals surface area contributed by atoms with Gasteiger partial charge in [-0.15, -0.1) is 0 Å². The lowest BCUT2D eigenvalue weighted by atomic mass is 10.4. The molecule has 0 saturated carbocycles. The average Bonchev–Trinajstić information content (AvgIpc) is 1.65. The molecular formula is C4H15N5. The minimum Gasteiger partial charge on any atom is -0.370 e. The minimum atomic E-state index is -0.333. The van der Waals surface area contributed by atoms with Crippen molar-refractivity contribution in [2.24, 2.45) is 22.9 Å². The maximum atomic E-state index is 6.06. The summed E-state index contributed by atoms with van der Waals surface area (Å²) in [5, 5.41) is 6.06. The van der Waals surface area contributed by atoms with Crippen molar-refractivity contribution in [3.8, 4) is 0 Å². The second kappa shape index (κ2) is 7.19. The molecule has 0 aromatic carbocycles. The van der Waals surface area contributed by atoms with E-state index in [0.29, 0.717) is 6.54 Å². The standard InChI is InChI=1S/C3H10N2.CH5N3/c1-3(5)2-4;2-1(3)4/h3H,2,4-5H2,1H3;(H5,2,3,4). The van der Waals surface area contributed by atoms with Gasteiger partial charge in [0.05, 0.1) is 0 Å². The van der Waals surface area contributed by atoms with Crippen LogP contribution in [-0.2, 0) is 0 Å². The summed E-state index contributed by atoms with van der Waals surface area (Å²) >= 11 is 0. The Kier molecular flexibility index (Phi) is 8.83. The summed E-state index contributed by atoms with van der Waals surface area (Å²) in [5.41, 5.74) is 19.2. The highest BCUT2D eigenvalue weighted by Gasteiger charge is 1.79. The van der Waals surface area contributed by atoms with Gasteiger partial charge in [0.15, 0.2) is 5.96 Å². The third kappa shape index (κ3) is 137. The first-order chi connectivity index (χ1) is 4.00. The largest absolute Gasteiger partial charge is 0.370 e. The fourth-order valence-corrected chi connectivity index (χ4v) is 0. The van der Waals surface area contributed by atoms with Gasteiger partial charge in [-0.2, -0.15) is 0 Å². The summed E-state index contributed by atoms with van der Waals surface area (Å²) in [4.78, 5) is 0. The maximum Gasteiger partial charge on any atom is 0.183 e. The lowest BCUT2D eigenvalue weighted by molar-refractivity contribution is 0.752. The van der Waals surface area contributed by atoms with Crippen LogP contribution in [0.4, 0.5) is 0 Å². The van der Waals surface area contributed by atoms with Crippen molar-refractivity contribution in [1.82, 2.24) is 0 Å². The Morgan fingerprint density at radius 3 is 1.67 bits per heavy atom. The summed E-state index contributed by atoms with van der Waals surface area (Å²) in [6, 6.07) is 0.162. The van der Waals surface area contributed by atoms with Gasteiger partial charge in [-0.25, -0.2) is 0 Å². The second-order valence-electron chi connectivity index (χ2n) is 1.67. The van der Waals surface area contributed by atoms with E-state index in [1.165, 1.54) is 0 Å². The molecule has 56 valence electrons. The Balaban J connectivity index is 0. The van der Waals surface area contributed by atoms with Gasteiger partial charge in [0.1, 0.15) is 0 Å². The molecule has 0 rings (SSSR count). The van der Waals surface area contributed by atoms with Gasteiger partial charge in [0.25, 0.3) is 0 Å². The predicted molar refractivity (Wildman–Crippen MR) is 38.8 cm³/mol. The molecule has 5 heteroatoms. The summed E-state index contributed by atoms with van der Waals surface area (Å²) in [7, 11) is 0. The van der Waals surface area contributed by atoms with Crippen LogP contribution in [0, 0.1) is 5.41 Å². The Bertz CT molecular complexity index is 65.4. The quantitative estimate of drug-likeness (QED) is 0.212. The fourth-order valence-electron chi connectivity index (χ4n) is 0. The van der Waals surface area contributed by atoms with Crippen LogP contribution in [0.2, 0.25) is 0 Å². The normalized spacial score (nSPS) is 11.0. The van der Waals surface area contributed by atoms with Crippen molar-refractivity contribution < 1.29 is 0 Å². The number of hydrogen-bond acceptors (Lipinski definition) is 3. The highest BCUT2D eigenvalue weighted by atomic mass is 14.9. The van der Waals surface area contributed by atoms with Gasteiger partial charge in [0.2, 0.25) is 0 Å². The van der Waals surface area contributed by atoms with Crippen LogP contribution < -0.4 is 22.9 Å². The molecular weight excluding hydrogens is 118 g/mol. The van der Waals surface area contributed by atoms with Gasteiger partial charge in [-0.05, 0) is 6.92 Å². The first kappa shape index (κ1) is 11.0. The number of nitrogens with one attached hydrogen (secondary N) is 1. The highest BCUT2D eigenvalue weighted by molar-refractivity contribution is 5.71. The summed E-state index contributed by atoms with van der Waals surface area (Å²) in [6.07, 6.45) is 0. The maximum absolute atomic E-state index is 6.06. The molecule has 0 fully saturated rings. The van der Waals surface area contributed by atoms with Gasteiger partial charge in [0, 0.05) is 12.6 Å². The van der Waals surface area contributed by atoms with E-state index in [2.05, 4.69) is 11.5 Å². The van der Waals surface area contributed by atoms with Crippen LogP contribution in [0.25, 0.3) is 0 Å². The van der Waals surface area contributed by atoms with Crippen molar-refractivity contribution in [2.45, 2.75) is 13.0 Å². The molecule has 5 nitrogen and oxygen atoms in total. The molecule has 0 aliphatic heterocycles. The summed E-state index contributed by atoms with van der Waals surface area (Å²) in [6.45, 7) is 2.46. The molecule has 0 heterocycles. The molecule has 1 atom stereocenters. The number of rotatable bonds is 1. The van der Waals surface area contributed by atoms with Gasteiger partial charge < -0.3 is 22.9 Å². The lowest BCUT2D eigenvalue weighted by Gasteiger charge is -1.92. The minimum absolute atomic E-state index is 0.162. The molecule has 0 bridgehead atoms. The number of nitrogens with two attached hydrogens (primary N) is 4. The van der Waals surface area contributed by atoms with Crippen LogP contribution in [-0.4, -0.2) is 18.5 Å². The zero-order valence-corrected chi connectivity index (χ0v) is 5.59. The number of hydrogen-bond donors (Lipinski definition) is 5. The van der Waals surface area contributed by atoms with Crippen LogP contribution in [0.3, 0.4) is 0 Å². The van der Waals surface area contributed by atoms with Crippen molar-refractivity contribution >= 4 is 5.96 Å². The molecule has 0 aliphatic rings. The molecule has 0 aromatic rings. The summed E-state index contributed by atoms with van der Waals surface area (Å²) in [5.74, 6) is -0.333. The van der Waals surface area contributed by atoms with Crippen molar-refractivity contribution in [3.05, 3.63) is 0 Å². The average molecular weight is 133 g/mol. The molecule has 1 unspecified atom stereocenters. The lowest BCUT2D eigenvalue weighted by Crippen LogP contribution is -2.25. The van der Waals surface area contributed by atoms with Crippen molar-refractivity contribution in [2.75, 3.05) is 6.54 Å². The summed E-state index contributed by atoms with van der Waals surface area (Å²) < 4.78 is 0. The van der Waals surface area contributed by atoms with Gasteiger partial charge >= 0.3 is 0 Å². The van der Waals surface area contributed by atoms with Crippen molar-refractivity contribution in [1.29, 1.82) is 5.41 Å². The van der Waals surface area contributed by atoms with Crippen LogP contribution in [0.5, 0.6) is 0 Å². The van der Waals surface area contributed by atoms with E-state index in [-0.39, 0.29) is 12.0 Å². The highest BCUT2D eigenvalue weighted by Crippen LogP contribution is 1.59. The van der Waals surface area contributed by atoms with Crippen LogP contribution in [0.1, 0.15) is 6.92 Å². The molecule has 0 spiro atoms. The van der Waals surface area contributed by atoms with E-state index < -0.39 is 0 Å². The van der Waals surface area contributed by atoms with Crippen molar-refractivity contribution in [3.63, 3.8) is 0 Å². The van der Waals surface area contributed by atoms with E-state index in [0.717, 1.165) is 0 Å². The number of guanidine groups is 1. The van der Waals surface area contributed by atoms with E-state index >= 15 is 0 Å². The molecule has 0 amide bonds. The molecule has 9 N–H and O–H groups in total. The first-order valence-corrected chi connectivity index (χ1v) is 2.55. The Hall–Kier alpha value is -0.810. The fraction of sp³-hybridized carbons (Fsp3) is 0.750. The molecule has 0 saturated heterocycles. The molecule has 9 heavy (non-hydrogen) atoms. The third-order valence-corrected chi connectivity index (χ3v) is 0.372. The van der Waals surface area contributed by atoms with E-state index in [9.17, 15) is 0 Å². The van der Waals surface area contributed by atoms with Gasteiger partial charge in [-0.3, -0.25) is 5.41 Å². The predicted octanol–water partition coefficient (Wildman–Crippen LogP) is -1.87. The zero-order chi connectivity index (χ0) is 7.86. The molecule has 0 radical (unpaired) electrons. The topological polar surface area (TPSA) is 128 Å². The SMILES string of the molecule is CC(N)CN.N=C(N)N. The Labute approximate surface area is 54.9 Å². The first-order valence-electron chi connectivity index (χ1n) is 2.55. The third-order valence-electron chi connectivity index (χ3n) is 0.372. The van der Waals surface area contributed by atoms with E-state index in [1.54, 1.807) is 0 Å². The molecule has 0 aromatic heterocycles. The smallest absolute Gasteiger partial charge is 0.183 e. The van der Waals surface area contributed by atoms with Crippen LogP contribution in [0.15, 0.2) is 0 Å². The Morgan fingerprint density at radius 2 is 1.67 bits per heavy atom. The van der Waals surface area contributed by atoms with E-state index in [1.807, 2.05) is 6.92 Å². The second-order valence-corrected chi connectivity index (χ2v) is 1.67.